The van der Waals surface area contributed by atoms with Gasteiger partial charge in [-0.2, -0.15) is 0 Å². The molecule has 3 nitrogen and oxygen atoms in total. The quantitative estimate of drug-likeness (QED) is 0.644. The topological polar surface area (TPSA) is 51.2 Å². The van der Waals surface area contributed by atoms with Crippen LogP contribution in [0.3, 0.4) is 0 Å². The summed E-state index contributed by atoms with van der Waals surface area (Å²) in [5.74, 6) is 7.44. The van der Waals surface area contributed by atoms with E-state index in [2.05, 4.69) is 38.3 Å². The average molecular weight is 244 g/mol. The first-order valence-electron chi connectivity index (χ1n) is 6.13. The predicted molar refractivity (Wildman–Crippen MR) is 73.3 cm³/mol. The van der Waals surface area contributed by atoms with E-state index in [0.29, 0.717) is 0 Å². The minimum Gasteiger partial charge on any atom is -0.464 e. The number of hydrogen-bond acceptors (Lipinski definition) is 3. The molecule has 2 rings (SSSR count). The van der Waals surface area contributed by atoms with E-state index >= 15 is 0 Å². The molecule has 2 aromatic rings. The number of nitrogens with one attached hydrogen (secondary N) is 1. The van der Waals surface area contributed by atoms with E-state index in [-0.39, 0.29) is 6.04 Å². The Morgan fingerprint density at radius 3 is 2.22 bits per heavy atom. The molecule has 0 aliphatic carbocycles. The van der Waals surface area contributed by atoms with Gasteiger partial charge in [0.05, 0.1) is 0 Å². The van der Waals surface area contributed by atoms with E-state index in [1.54, 1.807) is 0 Å². The van der Waals surface area contributed by atoms with Gasteiger partial charge < -0.3 is 4.42 Å². The van der Waals surface area contributed by atoms with Crippen LogP contribution in [-0.4, -0.2) is 0 Å². The lowest BCUT2D eigenvalue weighted by Crippen LogP contribution is -2.29. The van der Waals surface area contributed by atoms with Crippen LogP contribution in [0.25, 0.3) is 0 Å². The molecule has 0 saturated carbocycles. The molecule has 0 amide bonds. The summed E-state index contributed by atoms with van der Waals surface area (Å²) in [5.41, 5.74) is 7.78. The number of aryl methyl sites for hydroxylation is 4. The summed E-state index contributed by atoms with van der Waals surface area (Å²) in [6.45, 7) is 8.26. The third-order valence-electron chi connectivity index (χ3n) is 3.41. The third kappa shape index (κ3) is 2.33. The lowest BCUT2D eigenvalue weighted by molar-refractivity contribution is 0.434. The summed E-state index contributed by atoms with van der Waals surface area (Å²) < 4.78 is 5.67. The molecule has 1 aromatic carbocycles. The molecule has 0 spiro atoms. The lowest BCUT2D eigenvalue weighted by Gasteiger charge is -2.18. The van der Waals surface area contributed by atoms with Crippen LogP contribution in [0.2, 0.25) is 0 Å². The fraction of sp³-hybridized carbons (Fsp3) is 0.333. The molecule has 0 radical (unpaired) electrons. The van der Waals surface area contributed by atoms with Crippen molar-refractivity contribution in [2.75, 3.05) is 0 Å². The molecule has 96 valence electrons. The highest BCUT2D eigenvalue weighted by atomic mass is 16.3. The summed E-state index contributed by atoms with van der Waals surface area (Å²) >= 11 is 0. The van der Waals surface area contributed by atoms with Crippen molar-refractivity contribution in [1.82, 2.24) is 5.43 Å². The Morgan fingerprint density at radius 1 is 1.00 bits per heavy atom. The Morgan fingerprint density at radius 2 is 1.67 bits per heavy atom. The zero-order chi connectivity index (χ0) is 13.3. The van der Waals surface area contributed by atoms with Crippen LogP contribution in [0.1, 0.15) is 39.8 Å². The van der Waals surface area contributed by atoms with Crippen LogP contribution in [0.4, 0.5) is 0 Å². The maximum absolute atomic E-state index is 5.69. The molecule has 1 aromatic heterocycles. The molecule has 18 heavy (non-hydrogen) atoms. The van der Waals surface area contributed by atoms with E-state index < -0.39 is 0 Å². The highest BCUT2D eigenvalue weighted by Gasteiger charge is 2.18. The fourth-order valence-electron chi connectivity index (χ4n) is 2.23. The van der Waals surface area contributed by atoms with Gasteiger partial charge in [-0.1, -0.05) is 12.1 Å². The molecule has 1 unspecified atom stereocenters. The Bertz CT molecular complexity index is 558. The van der Waals surface area contributed by atoms with Crippen LogP contribution < -0.4 is 11.3 Å². The van der Waals surface area contributed by atoms with Crippen molar-refractivity contribution in [2.45, 2.75) is 33.7 Å². The van der Waals surface area contributed by atoms with E-state index in [0.717, 1.165) is 17.1 Å². The molecule has 1 heterocycles. The van der Waals surface area contributed by atoms with Crippen LogP contribution in [0.15, 0.2) is 28.7 Å². The molecular weight excluding hydrogens is 224 g/mol. The van der Waals surface area contributed by atoms with Gasteiger partial charge in [0.15, 0.2) is 0 Å². The molecule has 3 heteroatoms. The second-order valence-corrected chi connectivity index (χ2v) is 4.84. The molecular formula is C15H20N2O. The molecule has 0 aliphatic rings. The number of nitrogens with two attached hydrogens (primary N) is 1. The molecule has 3 N–H and O–H groups in total. The standard InChI is InChI=1S/C15H20N2O/c1-9-7-11(3)13(8-10(9)2)15(17-16)14-6-5-12(4)18-14/h5-8,15,17H,16H2,1-4H3. The predicted octanol–water partition coefficient (Wildman–Crippen LogP) is 3.07. The highest BCUT2D eigenvalue weighted by Crippen LogP contribution is 2.27. The first-order valence-corrected chi connectivity index (χ1v) is 6.13. The van der Waals surface area contributed by atoms with Crippen LogP contribution in [-0.2, 0) is 0 Å². The van der Waals surface area contributed by atoms with Gasteiger partial charge in [0, 0.05) is 0 Å². The van der Waals surface area contributed by atoms with Crippen molar-refractivity contribution in [1.29, 1.82) is 0 Å². The summed E-state index contributed by atoms with van der Waals surface area (Å²) in [5, 5.41) is 0. The minimum atomic E-state index is -0.0991. The van der Waals surface area contributed by atoms with Crippen molar-refractivity contribution in [3.8, 4) is 0 Å². The van der Waals surface area contributed by atoms with Crippen molar-refractivity contribution in [2.24, 2.45) is 5.84 Å². The first kappa shape index (κ1) is 12.9. The number of hydrogen-bond donors (Lipinski definition) is 2. The molecule has 0 aliphatic heterocycles. The van der Waals surface area contributed by atoms with Crippen LogP contribution >= 0.6 is 0 Å². The average Bonchev–Trinajstić information content (AvgIpc) is 2.73. The maximum atomic E-state index is 5.69. The van der Waals surface area contributed by atoms with Crippen molar-refractivity contribution in [3.63, 3.8) is 0 Å². The summed E-state index contributed by atoms with van der Waals surface area (Å²) in [6, 6.07) is 8.18. The second-order valence-electron chi connectivity index (χ2n) is 4.84. The zero-order valence-corrected chi connectivity index (χ0v) is 11.4. The molecule has 1 atom stereocenters. The van der Waals surface area contributed by atoms with Gasteiger partial charge in [-0.15, -0.1) is 0 Å². The fourth-order valence-corrected chi connectivity index (χ4v) is 2.23. The second kappa shape index (κ2) is 4.96. The normalized spacial score (nSPS) is 12.7. The molecule has 0 bridgehead atoms. The summed E-state index contributed by atoms with van der Waals surface area (Å²) in [4.78, 5) is 0. The van der Waals surface area contributed by atoms with Gasteiger partial charge in [0.25, 0.3) is 0 Å². The summed E-state index contributed by atoms with van der Waals surface area (Å²) in [7, 11) is 0. The van der Waals surface area contributed by atoms with E-state index in [1.165, 1.54) is 16.7 Å². The minimum absolute atomic E-state index is 0.0991. The van der Waals surface area contributed by atoms with Gasteiger partial charge in [-0.25, -0.2) is 5.43 Å². The molecule has 0 saturated heterocycles. The molecule has 0 fully saturated rings. The lowest BCUT2D eigenvalue weighted by atomic mass is 9.95. The summed E-state index contributed by atoms with van der Waals surface area (Å²) in [6.07, 6.45) is 0. The monoisotopic (exact) mass is 244 g/mol. The largest absolute Gasteiger partial charge is 0.464 e. The number of hydrazine groups is 1. The van der Waals surface area contributed by atoms with Crippen LogP contribution in [0.5, 0.6) is 0 Å². The van der Waals surface area contributed by atoms with Gasteiger partial charge in [-0.3, -0.25) is 5.84 Å². The smallest absolute Gasteiger partial charge is 0.126 e. The SMILES string of the molecule is Cc1ccc(C(NN)c2cc(C)c(C)cc2C)o1. The van der Waals surface area contributed by atoms with Crippen LogP contribution in [0, 0.1) is 27.7 Å². The first-order chi connectivity index (χ1) is 8.52. The van der Waals surface area contributed by atoms with Gasteiger partial charge in [0.1, 0.15) is 17.6 Å². The van der Waals surface area contributed by atoms with Gasteiger partial charge >= 0.3 is 0 Å². The Kier molecular flexibility index (Phi) is 3.55. The van der Waals surface area contributed by atoms with E-state index in [1.807, 2.05) is 19.1 Å². The van der Waals surface area contributed by atoms with Gasteiger partial charge in [-0.05, 0) is 62.1 Å². The maximum Gasteiger partial charge on any atom is 0.126 e. The highest BCUT2D eigenvalue weighted by molar-refractivity contribution is 5.40. The van der Waals surface area contributed by atoms with E-state index in [9.17, 15) is 0 Å². The van der Waals surface area contributed by atoms with E-state index in [4.69, 9.17) is 10.3 Å². The Balaban J connectivity index is 2.48. The van der Waals surface area contributed by atoms with Crippen molar-refractivity contribution < 1.29 is 4.42 Å². The van der Waals surface area contributed by atoms with Crippen molar-refractivity contribution >= 4 is 0 Å². The number of furan rings is 1. The zero-order valence-electron chi connectivity index (χ0n) is 11.4. The number of benzene rings is 1. The van der Waals surface area contributed by atoms with Gasteiger partial charge in [0.2, 0.25) is 0 Å². The van der Waals surface area contributed by atoms with Crippen molar-refractivity contribution in [3.05, 3.63) is 58.0 Å². The Labute approximate surface area is 108 Å². The number of rotatable bonds is 3. The Hall–Kier alpha value is -1.58. The third-order valence-corrected chi connectivity index (χ3v) is 3.41.